The molecule has 10 heteroatoms. The molecular weight excluding hydrogens is 382 g/mol. The third-order valence-electron chi connectivity index (χ3n) is 3.64. The van der Waals surface area contributed by atoms with Crippen molar-refractivity contribution in [3.63, 3.8) is 0 Å². The predicted octanol–water partition coefficient (Wildman–Crippen LogP) is 5.32. The van der Waals surface area contributed by atoms with E-state index in [-0.39, 0.29) is 24.5 Å². The van der Waals surface area contributed by atoms with E-state index in [2.05, 4.69) is 0 Å². The lowest BCUT2D eigenvalue weighted by molar-refractivity contribution is -0.143. The molecule has 0 saturated carbocycles. The van der Waals surface area contributed by atoms with Gasteiger partial charge in [-0.15, -0.1) is 0 Å². The van der Waals surface area contributed by atoms with Crippen LogP contribution in [0.1, 0.15) is 37.0 Å². The first kappa shape index (κ1) is 22.9. The second-order valence-corrected chi connectivity index (χ2v) is 8.37. The number of alkyl halides is 6. The standard InChI is InChI=1S/C16H22F6O3Si/c1-4-24-26(23-3,25-5-2)8-6-7-12-9-13(15(17,18)19)11-14(10-12)16(20,21)22/h9-11H,4-8H2,1-3H3. The van der Waals surface area contributed by atoms with Gasteiger partial charge in [0.25, 0.3) is 0 Å². The van der Waals surface area contributed by atoms with Crippen LogP contribution < -0.4 is 0 Å². The number of aryl methyl sites for hydroxylation is 1. The van der Waals surface area contributed by atoms with E-state index in [1.54, 1.807) is 13.8 Å². The maximum absolute atomic E-state index is 12.9. The highest BCUT2D eigenvalue weighted by Gasteiger charge is 2.39. The zero-order valence-electron chi connectivity index (χ0n) is 14.8. The summed E-state index contributed by atoms with van der Waals surface area (Å²) in [6, 6.07) is 1.90. The summed E-state index contributed by atoms with van der Waals surface area (Å²) in [6.07, 6.45) is -9.40. The summed E-state index contributed by atoms with van der Waals surface area (Å²) in [5.74, 6) is 0. The van der Waals surface area contributed by atoms with Crippen molar-refractivity contribution in [2.75, 3.05) is 20.3 Å². The molecule has 1 rings (SSSR count). The summed E-state index contributed by atoms with van der Waals surface area (Å²) in [7, 11) is -1.55. The van der Waals surface area contributed by atoms with Crippen molar-refractivity contribution < 1.29 is 39.6 Å². The maximum Gasteiger partial charge on any atom is 0.500 e. The average Bonchev–Trinajstić information content (AvgIpc) is 2.53. The Balaban J connectivity index is 2.98. The molecule has 0 fully saturated rings. The Bertz CT molecular complexity index is 536. The highest BCUT2D eigenvalue weighted by molar-refractivity contribution is 6.60. The summed E-state index contributed by atoms with van der Waals surface area (Å²) in [5, 5.41) is 0. The van der Waals surface area contributed by atoms with Gasteiger partial charge in [-0.2, -0.15) is 26.3 Å². The lowest BCUT2D eigenvalue weighted by Gasteiger charge is -2.27. The first-order valence-corrected chi connectivity index (χ1v) is 10.0. The smallest absolute Gasteiger partial charge is 0.377 e. The number of hydrogen-bond acceptors (Lipinski definition) is 3. The molecule has 1 aromatic rings. The number of hydrogen-bond donors (Lipinski definition) is 0. The first-order valence-electron chi connectivity index (χ1n) is 8.09. The minimum atomic E-state index is -4.85. The lowest BCUT2D eigenvalue weighted by Crippen LogP contribution is -2.44. The van der Waals surface area contributed by atoms with Crippen molar-refractivity contribution in [1.82, 2.24) is 0 Å². The van der Waals surface area contributed by atoms with E-state index in [1.807, 2.05) is 0 Å². The van der Waals surface area contributed by atoms with Crippen molar-refractivity contribution >= 4 is 8.80 Å². The monoisotopic (exact) mass is 404 g/mol. The summed E-state index contributed by atoms with van der Waals surface area (Å²) in [5.41, 5.74) is -2.67. The molecule has 0 spiro atoms. The van der Waals surface area contributed by atoms with Crippen LogP contribution in [-0.2, 0) is 32.1 Å². The van der Waals surface area contributed by atoms with Gasteiger partial charge in [0.15, 0.2) is 0 Å². The molecule has 0 atom stereocenters. The predicted molar refractivity (Wildman–Crippen MR) is 85.6 cm³/mol. The lowest BCUT2D eigenvalue weighted by atomic mass is 10.0. The molecule has 0 unspecified atom stereocenters. The van der Waals surface area contributed by atoms with Gasteiger partial charge >= 0.3 is 21.2 Å². The fraction of sp³-hybridized carbons (Fsp3) is 0.625. The van der Waals surface area contributed by atoms with Gasteiger partial charge in [-0.05, 0) is 50.5 Å². The zero-order valence-corrected chi connectivity index (χ0v) is 15.8. The molecule has 1 aromatic carbocycles. The Morgan fingerprint density at radius 3 is 1.65 bits per heavy atom. The van der Waals surface area contributed by atoms with Crippen molar-refractivity contribution in [2.24, 2.45) is 0 Å². The molecule has 3 nitrogen and oxygen atoms in total. The van der Waals surface area contributed by atoms with Crippen LogP contribution in [0.25, 0.3) is 0 Å². The van der Waals surface area contributed by atoms with Crippen LogP contribution >= 0.6 is 0 Å². The van der Waals surface area contributed by atoms with Gasteiger partial charge in [0.2, 0.25) is 0 Å². The first-order chi connectivity index (χ1) is 12.0. The summed E-state index contributed by atoms with van der Waals surface area (Å²) < 4.78 is 93.7. The van der Waals surface area contributed by atoms with Crippen LogP contribution in [-0.4, -0.2) is 29.1 Å². The van der Waals surface area contributed by atoms with Gasteiger partial charge in [0, 0.05) is 26.4 Å². The molecule has 26 heavy (non-hydrogen) atoms. The molecule has 0 aromatic heterocycles. The fourth-order valence-electron chi connectivity index (χ4n) is 2.52. The summed E-state index contributed by atoms with van der Waals surface area (Å²) in [6.45, 7) is 4.17. The van der Waals surface area contributed by atoms with Crippen molar-refractivity contribution in [3.8, 4) is 0 Å². The van der Waals surface area contributed by atoms with E-state index >= 15 is 0 Å². The van der Waals surface area contributed by atoms with Crippen molar-refractivity contribution in [2.45, 2.75) is 45.1 Å². The van der Waals surface area contributed by atoms with E-state index < -0.39 is 32.3 Å². The zero-order chi connectivity index (χ0) is 20.0. The third kappa shape index (κ3) is 6.56. The normalized spacial score (nSPS) is 13.3. The Hall–Kier alpha value is -1.10. The van der Waals surface area contributed by atoms with Crippen LogP contribution in [0.3, 0.4) is 0 Å². The van der Waals surface area contributed by atoms with Gasteiger partial charge < -0.3 is 13.3 Å². The number of benzene rings is 1. The second-order valence-electron chi connectivity index (χ2n) is 5.52. The van der Waals surface area contributed by atoms with Crippen molar-refractivity contribution in [3.05, 3.63) is 34.9 Å². The Morgan fingerprint density at radius 2 is 1.31 bits per heavy atom. The van der Waals surface area contributed by atoms with E-state index in [0.29, 0.717) is 19.3 Å². The van der Waals surface area contributed by atoms with Gasteiger partial charge in [-0.25, -0.2) is 0 Å². The second kappa shape index (κ2) is 9.20. The molecule has 150 valence electrons. The molecule has 0 saturated heterocycles. The molecule has 0 aliphatic heterocycles. The van der Waals surface area contributed by atoms with Crippen LogP contribution in [0, 0.1) is 0 Å². The summed E-state index contributed by atoms with van der Waals surface area (Å²) in [4.78, 5) is 0. The molecule has 0 aliphatic carbocycles. The van der Waals surface area contributed by atoms with E-state index in [9.17, 15) is 26.3 Å². The molecule has 0 heterocycles. The molecule has 0 N–H and O–H groups in total. The van der Waals surface area contributed by atoms with E-state index in [1.165, 1.54) is 7.11 Å². The van der Waals surface area contributed by atoms with Crippen LogP contribution in [0.15, 0.2) is 18.2 Å². The molecule has 0 aliphatic rings. The SMILES string of the molecule is CCO[Si](CCCc1cc(C(F)(F)F)cc(C(F)(F)F)c1)(OC)OCC. The minimum Gasteiger partial charge on any atom is -0.377 e. The van der Waals surface area contributed by atoms with Crippen LogP contribution in [0.2, 0.25) is 6.04 Å². The molecule has 0 bridgehead atoms. The maximum atomic E-state index is 12.9. The molecule has 0 radical (unpaired) electrons. The van der Waals surface area contributed by atoms with Crippen LogP contribution in [0.4, 0.5) is 26.3 Å². The fourth-order valence-corrected chi connectivity index (χ4v) is 4.82. The van der Waals surface area contributed by atoms with Crippen LogP contribution in [0.5, 0.6) is 0 Å². The number of rotatable bonds is 9. The minimum absolute atomic E-state index is 0.0191. The molecular formula is C16H22F6O3Si. The average molecular weight is 404 g/mol. The van der Waals surface area contributed by atoms with Gasteiger partial charge in [0.1, 0.15) is 0 Å². The summed E-state index contributed by atoms with van der Waals surface area (Å²) >= 11 is 0. The Morgan fingerprint density at radius 1 is 0.846 bits per heavy atom. The third-order valence-corrected chi connectivity index (χ3v) is 6.68. The largest absolute Gasteiger partial charge is 0.500 e. The van der Waals surface area contributed by atoms with E-state index in [0.717, 1.165) is 12.1 Å². The van der Waals surface area contributed by atoms with Gasteiger partial charge in [-0.1, -0.05) is 0 Å². The van der Waals surface area contributed by atoms with E-state index in [4.69, 9.17) is 13.3 Å². The van der Waals surface area contributed by atoms with Gasteiger partial charge in [0.05, 0.1) is 11.1 Å². The molecule has 0 amide bonds. The Labute approximate surface area is 149 Å². The van der Waals surface area contributed by atoms with Crippen molar-refractivity contribution in [1.29, 1.82) is 0 Å². The van der Waals surface area contributed by atoms with Gasteiger partial charge in [-0.3, -0.25) is 0 Å². The highest BCUT2D eigenvalue weighted by Crippen LogP contribution is 2.36. The topological polar surface area (TPSA) is 27.7 Å². The Kier molecular flexibility index (Phi) is 8.12. The highest BCUT2D eigenvalue weighted by atomic mass is 28.4. The quantitative estimate of drug-likeness (QED) is 0.412. The number of halogens is 6.